The van der Waals surface area contributed by atoms with Crippen LogP contribution >= 0.6 is 11.5 Å². The lowest BCUT2D eigenvalue weighted by atomic mass is 10.2. The molecule has 1 atom stereocenters. The highest BCUT2D eigenvalue weighted by molar-refractivity contribution is 7.09. The maximum atomic E-state index is 4.49. The van der Waals surface area contributed by atoms with Crippen molar-refractivity contribution in [3.8, 4) is 0 Å². The Morgan fingerprint density at radius 3 is 2.67 bits per heavy atom. The molecule has 2 aromatic rings. The molecule has 0 aromatic carbocycles. The van der Waals surface area contributed by atoms with Crippen LogP contribution in [0.1, 0.15) is 36.9 Å². The maximum Gasteiger partial charge on any atom is 0.205 e. The first-order valence-electron chi connectivity index (χ1n) is 7.31. The van der Waals surface area contributed by atoms with Crippen LogP contribution in [0.4, 0.5) is 5.13 Å². The van der Waals surface area contributed by atoms with Gasteiger partial charge in [0.05, 0.1) is 6.04 Å². The van der Waals surface area contributed by atoms with Gasteiger partial charge in [-0.15, -0.1) is 0 Å². The second kappa shape index (κ2) is 6.07. The zero-order valence-corrected chi connectivity index (χ0v) is 13.5. The molecular formula is C13H21N7S. The third-order valence-corrected chi connectivity index (χ3v) is 4.72. The van der Waals surface area contributed by atoms with E-state index in [-0.39, 0.29) is 6.04 Å². The first-order chi connectivity index (χ1) is 10.1. The molecule has 114 valence electrons. The topological polar surface area (TPSA) is 73.8 Å². The van der Waals surface area contributed by atoms with E-state index in [4.69, 9.17) is 0 Å². The lowest BCUT2D eigenvalue weighted by Gasteiger charge is -2.25. The largest absolute Gasteiger partial charge is 0.346 e. The van der Waals surface area contributed by atoms with Crippen molar-refractivity contribution >= 4 is 16.7 Å². The average molecular weight is 307 g/mol. The first kappa shape index (κ1) is 14.4. The van der Waals surface area contributed by atoms with E-state index in [2.05, 4.69) is 41.3 Å². The van der Waals surface area contributed by atoms with Crippen LogP contribution in [-0.2, 0) is 0 Å². The van der Waals surface area contributed by atoms with Crippen molar-refractivity contribution in [3.63, 3.8) is 0 Å². The number of H-pyrrole nitrogens is 1. The summed E-state index contributed by atoms with van der Waals surface area (Å²) in [5.74, 6) is 2.62. The molecule has 3 rings (SSSR count). The molecule has 0 bridgehead atoms. The molecule has 1 aliphatic heterocycles. The Hall–Kier alpha value is -1.54. The molecule has 7 nitrogen and oxygen atoms in total. The van der Waals surface area contributed by atoms with Gasteiger partial charge < -0.3 is 4.90 Å². The van der Waals surface area contributed by atoms with Crippen molar-refractivity contribution in [3.05, 3.63) is 17.5 Å². The zero-order valence-electron chi connectivity index (χ0n) is 12.7. The Morgan fingerprint density at radius 1 is 1.14 bits per heavy atom. The van der Waals surface area contributed by atoms with Gasteiger partial charge in [-0.1, -0.05) is 0 Å². The Labute approximate surface area is 128 Å². The van der Waals surface area contributed by atoms with E-state index in [1.807, 2.05) is 13.8 Å². The molecular weight excluding hydrogens is 286 g/mol. The second-order valence-electron chi connectivity index (χ2n) is 5.46. The van der Waals surface area contributed by atoms with E-state index >= 15 is 0 Å². The summed E-state index contributed by atoms with van der Waals surface area (Å²) < 4.78 is 4.28. The van der Waals surface area contributed by atoms with Crippen LogP contribution in [0.25, 0.3) is 0 Å². The minimum Gasteiger partial charge on any atom is -0.346 e. The quantitative estimate of drug-likeness (QED) is 0.927. The zero-order chi connectivity index (χ0) is 14.8. The highest BCUT2D eigenvalue weighted by Gasteiger charge is 2.23. The van der Waals surface area contributed by atoms with E-state index in [0.29, 0.717) is 0 Å². The number of nitrogens with one attached hydrogen (secondary N) is 1. The summed E-state index contributed by atoms with van der Waals surface area (Å²) in [6.45, 7) is 10.1. The number of aromatic nitrogens is 5. The number of hydrogen-bond acceptors (Lipinski definition) is 7. The molecule has 0 aliphatic carbocycles. The number of nitrogens with zero attached hydrogens (tertiary/aromatic N) is 6. The molecule has 0 saturated carbocycles. The molecule has 3 heterocycles. The Kier molecular flexibility index (Phi) is 4.16. The number of hydrogen-bond donors (Lipinski definition) is 1. The van der Waals surface area contributed by atoms with Crippen LogP contribution in [0.2, 0.25) is 0 Å². The van der Waals surface area contributed by atoms with Crippen molar-refractivity contribution in [2.45, 2.75) is 33.2 Å². The van der Waals surface area contributed by atoms with Crippen molar-refractivity contribution in [1.29, 1.82) is 0 Å². The summed E-state index contributed by atoms with van der Waals surface area (Å²) in [5.41, 5.74) is 0. The van der Waals surface area contributed by atoms with Gasteiger partial charge in [0.1, 0.15) is 11.6 Å². The third-order valence-electron chi connectivity index (χ3n) is 3.85. The van der Waals surface area contributed by atoms with E-state index in [1.54, 1.807) is 0 Å². The fraction of sp³-hybridized carbons (Fsp3) is 0.692. The van der Waals surface area contributed by atoms with Gasteiger partial charge in [0.25, 0.3) is 0 Å². The summed E-state index contributed by atoms with van der Waals surface area (Å²) in [7, 11) is 0. The molecule has 0 amide bonds. The lowest BCUT2D eigenvalue weighted by Crippen LogP contribution is -2.33. The van der Waals surface area contributed by atoms with Crippen molar-refractivity contribution < 1.29 is 0 Å². The van der Waals surface area contributed by atoms with Crippen molar-refractivity contribution in [2.75, 3.05) is 31.1 Å². The van der Waals surface area contributed by atoms with E-state index in [0.717, 1.165) is 55.2 Å². The summed E-state index contributed by atoms with van der Waals surface area (Å²) in [6.07, 6.45) is 1.12. The maximum absolute atomic E-state index is 4.49. The van der Waals surface area contributed by atoms with E-state index < -0.39 is 0 Å². The Balaban J connectivity index is 1.65. The van der Waals surface area contributed by atoms with Crippen LogP contribution < -0.4 is 4.90 Å². The van der Waals surface area contributed by atoms with Crippen LogP contribution in [0.15, 0.2) is 0 Å². The van der Waals surface area contributed by atoms with Gasteiger partial charge >= 0.3 is 0 Å². The molecule has 21 heavy (non-hydrogen) atoms. The van der Waals surface area contributed by atoms with Crippen LogP contribution in [-0.4, -0.2) is 55.6 Å². The minimum absolute atomic E-state index is 0.242. The predicted octanol–water partition coefficient (Wildman–Crippen LogP) is 1.55. The number of aromatic amines is 1. The van der Waals surface area contributed by atoms with Crippen LogP contribution in [0.3, 0.4) is 0 Å². The summed E-state index contributed by atoms with van der Waals surface area (Å²) >= 11 is 1.49. The van der Waals surface area contributed by atoms with Crippen molar-refractivity contribution in [2.24, 2.45) is 0 Å². The van der Waals surface area contributed by atoms with Crippen LogP contribution in [0, 0.1) is 13.8 Å². The fourth-order valence-electron chi connectivity index (χ4n) is 2.64. The normalized spacial score (nSPS) is 18.7. The fourth-order valence-corrected chi connectivity index (χ4v) is 3.37. The van der Waals surface area contributed by atoms with E-state index in [1.165, 1.54) is 11.5 Å². The van der Waals surface area contributed by atoms with Gasteiger partial charge in [0, 0.05) is 37.7 Å². The van der Waals surface area contributed by atoms with Crippen LogP contribution in [0.5, 0.6) is 0 Å². The molecule has 1 aliphatic rings. The molecule has 2 aromatic heterocycles. The Bertz CT molecular complexity index is 593. The standard InChI is InChI=1S/C13H21N7S/c1-9(12-14-10(2)16-17-12)19-5-4-6-20(8-7-19)13-15-11(3)18-21-13/h9H,4-8H2,1-3H3,(H,14,16,17). The lowest BCUT2D eigenvalue weighted by molar-refractivity contribution is 0.218. The Morgan fingerprint density at radius 2 is 2.00 bits per heavy atom. The SMILES string of the molecule is Cc1nsc(N2CCCN(C(C)c3n[nH]c(C)n3)CC2)n1. The second-order valence-corrected chi connectivity index (χ2v) is 6.19. The monoisotopic (exact) mass is 307 g/mol. The highest BCUT2D eigenvalue weighted by atomic mass is 32.1. The van der Waals surface area contributed by atoms with Crippen molar-refractivity contribution in [1.82, 2.24) is 29.4 Å². The molecule has 0 spiro atoms. The van der Waals surface area contributed by atoms with Gasteiger partial charge in [-0.05, 0) is 27.2 Å². The van der Waals surface area contributed by atoms with Gasteiger partial charge in [-0.2, -0.15) is 9.47 Å². The molecule has 8 heteroatoms. The van der Waals surface area contributed by atoms with E-state index in [9.17, 15) is 0 Å². The highest BCUT2D eigenvalue weighted by Crippen LogP contribution is 2.22. The molecule has 1 unspecified atom stereocenters. The van der Waals surface area contributed by atoms with Gasteiger partial charge in [-0.3, -0.25) is 10.00 Å². The van der Waals surface area contributed by atoms with Gasteiger partial charge in [0.15, 0.2) is 5.82 Å². The third kappa shape index (κ3) is 3.21. The summed E-state index contributed by atoms with van der Waals surface area (Å²) in [4.78, 5) is 13.7. The number of anilines is 1. The summed E-state index contributed by atoms with van der Waals surface area (Å²) in [5, 5.41) is 8.25. The molecule has 1 N–H and O–H groups in total. The number of aryl methyl sites for hydroxylation is 2. The number of rotatable bonds is 3. The minimum atomic E-state index is 0.242. The van der Waals surface area contributed by atoms with Gasteiger partial charge in [-0.25, -0.2) is 9.97 Å². The summed E-state index contributed by atoms with van der Waals surface area (Å²) in [6, 6.07) is 0.242. The molecule has 1 saturated heterocycles. The smallest absolute Gasteiger partial charge is 0.205 e. The predicted molar refractivity (Wildman–Crippen MR) is 82.6 cm³/mol. The average Bonchev–Trinajstić information content (AvgIpc) is 3.00. The first-order valence-corrected chi connectivity index (χ1v) is 8.09. The van der Waals surface area contributed by atoms with Gasteiger partial charge in [0.2, 0.25) is 5.13 Å². The molecule has 1 fully saturated rings. The molecule has 0 radical (unpaired) electrons.